The Morgan fingerprint density at radius 2 is 2.53 bits per heavy atom. The molecule has 0 aromatic carbocycles. The monoisotopic (exact) mass is 220 g/mol. The van der Waals surface area contributed by atoms with Gasteiger partial charge >= 0.3 is 0 Å². The van der Waals surface area contributed by atoms with Crippen LogP contribution in [0.25, 0.3) is 0 Å². The van der Waals surface area contributed by atoms with Crippen molar-refractivity contribution < 1.29 is 0 Å². The standard InChI is InChI=1S/C10H12N4S/c1-2-9-5-11-7-14(9)6-8(1)13-10-12-3-4-15-10/h3-5,7-8H,1-2,6H2,(H,12,13). The maximum absolute atomic E-state index is 4.24. The molecular formula is C10H12N4S. The Bertz CT molecular complexity index is 434. The minimum absolute atomic E-state index is 0.484. The van der Waals surface area contributed by atoms with Crippen molar-refractivity contribution in [3.8, 4) is 0 Å². The molecular weight excluding hydrogens is 208 g/mol. The van der Waals surface area contributed by atoms with Crippen molar-refractivity contribution in [1.29, 1.82) is 0 Å². The van der Waals surface area contributed by atoms with Gasteiger partial charge in [0.2, 0.25) is 0 Å². The van der Waals surface area contributed by atoms with Gasteiger partial charge in [-0.05, 0) is 12.8 Å². The highest BCUT2D eigenvalue weighted by atomic mass is 32.1. The lowest BCUT2D eigenvalue weighted by atomic mass is 10.1. The van der Waals surface area contributed by atoms with Crippen molar-refractivity contribution in [3.05, 3.63) is 29.8 Å². The molecule has 0 fully saturated rings. The Hall–Kier alpha value is -1.36. The van der Waals surface area contributed by atoms with Crippen LogP contribution in [0.5, 0.6) is 0 Å². The molecule has 1 atom stereocenters. The molecule has 0 saturated carbocycles. The quantitative estimate of drug-likeness (QED) is 0.838. The minimum atomic E-state index is 0.484. The zero-order chi connectivity index (χ0) is 10.1. The maximum atomic E-state index is 4.24. The maximum Gasteiger partial charge on any atom is 0.182 e. The van der Waals surface area contributed by atoms with E-state index in [0.29, 0.717) is 6.04 Å². The molecule has 0 aliphatic carbocycles. The number of imidazole rings is 1. The highest BCUT2D eigenvalue weighted by Crippen LogP contribution is 2.19. The number of hydrogen-bond donors (Lipinski definition) is 1. The molecule has 78 valence electrons. The van der Waals surface area contributed by atoms with Gasteiger partial charge in [0.25, 0.3) is 0 Å². The summed E-state index contributed by atoms with van der Waals surface area (Å²) in [6, 6.07) is 0.484. The molecule has 1 aliphatic rings. The van der Waals surface area contributed by atoms with Crippen LogP contribution in [0.15, 0.2) is 24.1 Å². The smallest absolute Gasteiger partial charge is 0.182 e. The van der Waals surface area contributed by atoms with Crippen molar-refractivity contribution in [1.82, 2.24) is 14.5 Å². The van der Waals surface area contributed by atoms with Crippen LogP contribution >= 0.6 is 11.3 Å². The number of nitrogens with zero attached hydrogens (tertiary/aromatic N) is 3. The van der Waals surface area contributed by atoms with Gasteiger partial charge in [0.1, 0.15) is 0 Å². The van der Waals surface area contributed by atoms with Gasteiger partial charge in [-0.3, -0.25) is 0 Å². The fourth-order valence-corrected chi connectivity index (χ4v) is 2.57. The summed E-state index contributed by atoms with van der Waals surface area (Å²) in [5, 5.41) is 6.46. The Morgan fingerprint density at radius 3 is 3.40 bits per heavy atom. The van der Waals surface area contributed by atoms with Crippen LogP contribution in [0.3, 0.4) is 0 Å². The van der Waals surface area contributed by atoms with Crippen LogP contribution in [-0.4, -0.2) is 20.6 Å². The first-order valence-corrected chi connectivity index (χ1v) is 5.95. The van der Waals surface area contributed by atoms with Crippen molar-refractivity contribution in [2.45, 2.75) is 25.4 Å². The molecule has 3 rings (SSSR count). The molecule has 2 aromatic rings. The van der Waals surface area contributed by atoms with Crippen LogP contribution in [0.1, 0.15) is 12.1 Å². The number of hydrogen-bond acceptors (Lipinski definition) is 4. The lowest BCUT2D eigenvalue weighted by molar-refractivity contribution is 0.484. The van der Waals surface area contributed by atoms with E-state index in [-0.39, 0.29) is 0 Å². The fourth-order valence-electron chi connectivity index (χ4n) is 1.96. The second-order valence-electron chi connectivity index (χ2n) is 3.75. The average Bonchev–Trinajstić information content (AvgIpc) is 2.87. The van der Waals surface area contributed by atoms with E-state index in [1.165, 1.54) is 5.69 Å². The zero-order valence-corrected chi connectivity index (χ0v) is 9.07. The van der Waals surface area contributed by atoms with Gasteiger partial charge < -0.3 is 9.88 Å². The summed E-state index contributed by atoms with van der Waals surface area (Å²) in [6.07, 6.45) is 7.96. The van der Waals surface area contributed by atoms with E-state index in [9.17, 15) is 0 Å². The fraction of sp³-hybridized carbons (Fsp3) is 0.400. The van der Waals surface area contributed by atoms with Crippen LogP contribution in [0.4, 0.5) is 5.13 Å². The van der Waals surface area contributed by atoms with Crippen molar-refractivity contribution in [2.75, 3.05) is 5.32 Å². The summed E-state index contributed by atoms with van der Waals surface area (Å²) < 4.78 is 2.22. The van der Waals surface area contributed by atoms with Crippen LogP contribution < -0.4 is 5.32 Å². The molecule has 2 aromatic heterocycles. The van der Waals surface area contributed by atoms with Gasteiger partial charge in [0.05, 0.1) is 6.33 Å². The van der Waals surface area contributed by atoms with E-state index in [1.807, 2.05) is 24.1 Å². The van der Waals surface area contributed by atoms with Gasteiger partial charge in [-0.25, -0.2) is 9.97 Å². The van der Waals surface area contributed by atoms with E-state index >= 15 is 0 Å². The predicted octanol–water partition coefficient (Wildman–Crippen LogP) is 1.77. The first-order chi connectivity index (χ1) is 7.42. The van der Waals surface area contributed by atoms with E-state index < -0.39 is 0 Å². The van der Waals surface area contributed by atoms with E-state index in [2.05, 4.69) is 19.9 Å². The third-order valence-corrected chi connectivity index (χ3v) is 3.43. The second kappa shape index (κ2) is 3.66. The van der Waals surface area contributed by atoms with Gasteiger partial charge in [-0.15, -0.1) is 11.3 Å². The molecule has 0 amide bonds. The molecule has 1 N–H and O–H groups in total. The first-order valence-electron chi connectivity index (χ1n) is 5.07. The largest absolute Gasteiger partial charge is 0.357 e. The Morgan fingerprint density at radius 1 is 1.53 bits per heavy atom. The third kappa shape index (κ3) is 1.74. The number of rotatable bonds is 2. The van der Waals surface area contributed by atoms with E-state index in [4.69, 9.17) is 0 Å². The van der Waals surface area contributed by atoms with Crippen LogP contribution in [0.2, 0.25) is 0 Å². The molecule has 0 saturated heterocycles. The Balaban J connectivity index is 1.71. The van der Waals surface area contributed by atoms with Gasteiger partial charge in [0, 0.05) is 36.1 Å². The van der Waals surface area contributed by atoms with Crippen molar-refractivity contribution in [2.24, 2.45) is 0 Å². The molecule has 4 nitrogen and oxygen atoms in total. The summed E-state index contributed by atoms with van der Waals surface area (Å²) >= 11 is 1.65. The minimum Gasteiger partial charge on any atom is -0.357 e. The SMILES string of the molecule is c1csc(NC2CCc3cncn3C2)n1. The van der Waals surface area contributed by atoms with Crippen LogP contribution in [0, 0.1) is 0 Å². The lowest BCUT2D eigenvalue weighted by Crippen LogP contribution is -2.30. The number of aryl methyl sites for hydroxylation is 1. The van der Waals surface area contributed by atoms with Gasteiger partial charge in [-0.1, -0.05) is 0 Å². The van der Waals surface area contributed by atoms with Crippen molar-refractivity contribution in [3.63, 3.8) is 0 Å². The summed E-state index contributed by atoms with van der Waals surface area (Å²) in [5.41, 5.74) is 1.34. The second-order valence-corrected chi connectivity index (χ2v) is 4.65. The third-order valence-electron chi connectivity index (χ3n) is 2.72. The van der Waals surface area contributed by atoms with Crippen molar-refractivity contribution >= 4 is 16.5 Å². The highest BCUT2D eigenvalue weighted by molar-refractivity contribution is 7.13. The van der Waals surface area contributed by atoms with E-state index in [1.54, 1.807) is 11.3 Å². The molecule has 0 spiro atoms. The number of aromatic nitrogens is 3. The normalized spacial score (nSPS) is 19.9. The number of fused-ring (bicyclic) bond motifs is 1. The number of thiazole rings is 1. The molecule has 5 heteroatoms. The molecule has 1 unspecified atom stereocenters. The predicted molar refractivity (Wildman–Crippen MR) is 60.1 cm³/mol. The molecule has 3 heterocycles. The topological polar surface area (TPSA) is 42.7 Å². The summed E-state index contributed by atoms with van der Waals surface area (Å²) in [5.74, 6) is 0. The Labute approximate surface area is 92.0 Å². The van der Waals surface area contributed by atoms with Crippen LogP contribution in [-0.2, 0) is 13.0 Å². The zero-order valence-electron chi connectivity index (χ0n) is 8.26. The summed E-state index contributed by atoms with van der Waals surface area (Å²) in [4.78, 5) is 8.39. The highest BCUT2D eigenvalue weighted by Gasteiger charge is 2.18. The first kappa shape index (κ1) is 8.91. The van der Waals surface area contributed by atoms with Gasteiger partial charge in [-0.2, -0.15) is 0 Å². The Kier molecular flexibility index (Phi) is 2.17. The average molecular weight is 220 g/mol. The number of anilines is 1. The summed E-state index contributed by atoms with van der Waals surface area (Å²) in [6.45, 7) is 0.995. The molecule has 0 bridgehead atoms. The molecule has 15 heavy (non-hydrogen) atoms. The van der Waals surface area contributed by atoms with Gasteiger partial charge in [0.15, 0.2) is 5.13 Å². The van der Waals surface area contributed by atoms with E-state index in [0.717, 1.165) is 24.5 Å². The molecule has 0 radical (unpaired) electrons. The number of nitrogens with one attached hydrogen (secondary N) is 1. The molecule has 1 aliphatic heterocycles. The lowest BCUT2D eigenvalue weighted by Gasteiger charge is -2.24. The summed E-state index contributed by atoms with van der Waals surface area (Å²) in [7, 11) is 0.